The van der Waals surface area contributed by atoms with Crippen molar-refractivity contribution in [2.45, 2.75) is 25.7 Å². The predicted molar refractivity (Wildman–Crippen MR) is 111 cm³/mol. The van der Waals surface area contributed by atoms with Gasteiger partial charge < -0.3 is 15.0 Å². The Hall–Kier alpha value is -2.04. The zero-order valence-electron chi connectivity index (χ0n) is 15.8. The number of methoxy groups -OCH3 is 1. The second-order valence-electron chi connectivity index (χ2n) is 7.12. The molecule has 2 aromatic rings. The quantitative estimate of drug-likeness (QED) is 0.754. The molecule has 0 unspecified atom stereocenters. The number of piperidine rings is 1. The zero-order valence-corrected chi connectivity index (χ0v) is 16.5. The molecule has 0 aromatic heterocycles. The molecule has 1 heterocycles. The number of anilines is 1. The monoisotopic (exact) mass is 386 g/mol. The maximum atomic E-state index is 12.3. The molecule has 144 valence electrons. The Morgan fingerprint density at radius 1 is 1.19 bits per heavy atom. The molecule has 1 N–H and O–H groups in total. The Bertz CT molecular complexity index is 743. The lowest BCUT2D eigenvalue weighted by Crippen LogP contribution is -2.36. The molecule has 1 amide bonds. The van der Waals surface area contributed by atoms with Gasteiger partial charge in [0.2, 0.25) is 5.91 Å². The van der Waals surface area contributed by atoms with Gasteiger partial charge in [-0.3, -0.25) is 4.79 Å². The van der Waals surface area contributed by atoms with Gasteiger partial charge in [-0.25, -0.2) is 0 Å². The maximum Gasteiger partial charge on any atom is 0.224 e. The molecule has 5 heteroatoms. The summed E-state index contributed by atoms with van der Waals surface area (Å²) in [6, 6.07) is 15.9. The van der Waals surface area contributed by atoms with E-state index in [2.05, 4.69) is 40.5 Å². The third-order valence-electron chi connectivity index (χ3n) is 5.18. The van der Waals surface area contributed by atoms with Crippen molar-refractivity contribution in [1.82, 2.24) is 4.90 Å². The molecule has 0 radical (unpaired) electrons. The molecule has 4 nitrogen and oxygen atoms in total. The highest BCUT2D eigenvalue weighted by molar-refractivity contribution is 6.32. The van der Waals surface area contributed by atoms with Crippen LogP contribution in [0.25, 0.3) is 0 Å². The van der Waals surface area contributed by atoms with Gasteiger partial charge in [-0.05, 0) is 62.0 Å². The topological polar surface area (TPSA) is 41.6 Å². The number of carbonyl (C=O) groups is 1. The van der Waals surface area contributed by atoms with Crippen LogP contribution in [0, 0.1) is 5.92 Å². The van der Waals surface area contributed by atoms with E-state index >= 15 is 0 Å². The molecule has 1 aliphatic heterocycles. The average Bonchev–Trinajstić information content (AvgIpc) is 2.68. The molecule has 0 saturated carbocycles. The molecule has 1 saturated heterocycles. The van der Waals surface area contributed by atoms with Crippen LogP contribution in [0.4, 0.5) is 5.69 Å². The van der Waals surface area contributed by atoms with Crippen LogP contribution in [0.15, 0.2) is 48.5 Å². The first-order valence-electron chi connectivity index (χ1n) is 9.53. The summed E-state index contributed by atoms with van der Waals surface area (Å²) in [6.45, 7) is 3.23. The molecule has 0 bridgehead atoms. The second-order valence-corrected chi connectivity index (χ2v) is 7.53. The van der Waals surface area contributed by atoms with Gasteiger partial charge in [-0.1, -0.05) is 41.9 Å². The first kappa shape index (κ1) is 19.7. The van der Waals surface area contributed by atoms with Crippen LogP contribution in [-0.4, -0.2) is 37.6 Å². The van der Waals surface area contributed by atoms with Crippen LogP contribution in [0.5, 0.6) is 5.75 Å². The minimum absolute atomic E-state index is 0.0546. The third kappa shape index (κ3) is 5.98. The van der Waals surface area contributed by atoms with Crippen molar-refractivity contribution in [3.8, 4) is 5.75 Å². The van der Waals surface area contributed by atoms with E-state index in [0.29, 0.717) is 28.8 Å². The number of ether oxygens (including phenoxy) is 1. The van der Waals surface area contributed by atoms with Gasteiger partial charge in [0.25, 0.3) is 0 Å². The van der Waals surface area contributed by atoms with E-state index in [0.717, 1.165) is 38.9 Å². The summed E-state index contributed by atoms with van der Waals surface area (Å²) in [5.74, 6) is 1.11. The number of nitrogens with one attached hydrogen (secondary N) is 1. The number of rotatable bonds is 7. The largest absolute Gasteiger partial charge is 0.495 e. The average molecular weight is 387 g/mol. The van der Waals surface area contributed by atoms with Crippen LogP contribution in [-0.2, 0) is 11.2 Å². The highest BCUT2D eigenvalue weighted by Crippen LogP contribution is 2.28. The highest BCUT2D eigenvalue weighted by atomic mass is 35.5. The standard InChI is InChI=1S/C22H27ClN2O2/c1-27-21-8-7-19(16-20(21)23)24-22(26)15-18-10-13-25(14-11-18)12-9-17-5-3-2-4-6-17/h2-8,16,18H,9-15H2,1H3,(H,24,26). The molecule has 0 aliphatic carbocycles. The number of nitrogens with zero attached hydrogens (tertiary/aromatic N) is 1. The molecule has 0 spiro atoms. The van der Waals surface area contributed by atoms with E-state index in [9.17, 15) is 4.79 Å². The van der Waals surface area contributed by atoms with E-state index in [1.807, 2.05) is 6.07 Å². The fraction of sp³-hybridized carbons (Fsp3) is 0.409. The molecule has 0 atom stereocenters. The third-order valence-corrected chi connectivity index (χ3v) is 5.47. The fourth-order valence-corrected chi connectivity index (χ4v) is 3.82. The van der Waals surface area contributed by atoms with Crippen molar-refractivity contribution in [1.29, 1.82) is 0 Å². The molecular weight excluding hydrogens is 360 g/mol. The molecule has 1 aliphatic rings. The molecule has 1 fully saturated rings. The summed E-state index contributed by atoms with van der Waals surface area (Å²) in [4.78, 5) is 14.8. The normalized spacial score (nSPS) is 15.5. The number of carbonyl (C=O) groups excluding carboxylic acids is 1. The lowest BCUT2D eigenvalue weighted by Gasteiger charge is -2.31. The summed E-state index contributed by atoms with van der Waals surface area (Å²) >= 11 is 6.11. The Kier molecular flexibility index (Phi) is 7.13. The first-order valence-corrected chi connectivity index (χ1v) is 9.91. The van der Waals surface area contributed by atoms with Crippen LogP contribution in [0.1, 0.15) is 24.8 Å². The van der Waals surface area contributed by atoms with Crippen LogP contribution in [0.2, 0.25) is 5.02 Å². The second kappa shape index (κ2) is 9.77. The van der Waals surface area contributed by atoms with Gasteiger partial charge in [0, 0.05) is 18.7 Å². The van der Waals surface area contributed by atoms with E-state index in [1.54, 1.807) is 19.2 Å². The summed E-state index contributed by atoms with van der Waals surface area (Å²) in [5, 5.41) is 3.45. The first-order chi connectivity index (χ1) is 13.1. The molecular formula is C22H27ClN2O2. The smallest absolute Gasteiger partial charge is 0.224 e. The van der Waals surface area contributed by atoms with Gasteiger partial charge in [0.1, 0.15) is 5.75 Å². The van der Waals surface area contributed by atoms with Crippen LogP contribution < -0.4 is 10.1 Å². The Balaban J connectivity index is 1.39. The van der Waals surface area contributed by atoms with Crippen molar-refractivity contribution in [3.05, 3.63) is 59.1 Å². The maximum absolute atomic E-state index is 12.3. The Morgan fingerprint density at radius 2 is 1.93 bits per heavy atom. The number of hydrogen-bond donors (Lipinski definition) is 1. The number of amides is 1. The summed E-state index contributed by atoms with van der Waals surface area (Å²) in [5.41, 5.74) is 2.10. The summed E-state index contributed by atoms with van der Waals surface area (Å²) in [6.07, 6.45) is 3.80. The highest BCUT2D eigenvalue weighted by Gasteiger charge is 2.21. The van der Waals surface area contributed by atoms with E-state index in [1.165, 1.54) is 5.56 Å². The van der Waals surface area contributed by atoms with Crippen molar-refractivity contribution in [3.63, 3.8) is 0 Å². The molecule has 3 rings (SSSR count). The summed E-state index contributed by atoms with van der Waals surface area (Å²) < 4.78 is 5.14. The van der Waals surface area contributed by atoms with Crippen LogP contribution in [0.3, 0.4) is 0 Å². The molecule has 2 aromatic carbocycles. The summed E-state index contributed by atoms with van der Waals surface area (Å²) in [7, 11) is 1.58. The Labute approximate surface area is 166 Å². The predicted octanol–water partition coefficient (Wildman–Crippen LogP) is 4.63. The zero-order chi connectivity index (χ0) is 19.1. The fourth-order valence-electron chi connectivity index (χ4n) is 3.56. The van der Waals surface area contributed by atoms with Gasteiger partial charge in [-0.2, -0.15) is 0 Å². The number of likely N-dealkylation sites (tertiary alicyclic amines) is 1. The van der Waals surface area contributed by atoms with Gasteiger partial charge in [-0.15, -0.1) is 0 Å². The van der Waals surface area contributed by atoms with E-state index in [4.69, 9.17) is 16.3 Å². The van der Waals surface area contributed by atoms with Crippen molar-refractivity contribution in [2.24, 2.45) is 5.92 Å². The number of benzene rings is 2. The van der Waals surface area contributed by atoms with Crippen LogP contribution >= 0.6 is 11.6 Å². The SMILES string of the molecule is COc1ccc(NC(=O)CC2CCN(CCc3ccccc3)CC2)cc1Cl. The van der Waals surface area contributed by atoms with Gasteiger partial charge in [0.15, 0.2) is 0 Å². The van der Waals surface area contributed by atoms with Crippen molar-refractivity contribution >= 4 is 23.2 Å². The minimum atomic E-state index is 0.0546. The molecule has 27 heavy (non-hydrogen) atoms. The van der Waals surface area contributed by atoms with Gasteiger partial charge >= 0.3 is 0 Å². The van der Waals surface area contributed by atoms with Gasteiger partial charge in [0.05, 0.1) is 12.1 Å². The minimum Gasteiger partial charge on any atom is -0.495 e. The lowest BCUT2D eigenvalue weighted by atomic mass is 9.93. The Morgan fingerprint density at radius 3 is 2.59 bits per heavy atom. The van der Waals surface area contributed by atoms with E-state index < -0.39 is 0 Å². The van der Waals surface area contributed by atoms with Crippen molar-refractivity contribution in [2.75, 3.05) is 32.1 Å². The van der Waals surface area contributed by atoms with E-state index in [-0.39, 0.29) is 5.91 Å². The lowest BCUT2D eigenvalue weighted by molar-refractivity contribution is -0.117. The number of hydrogen-bond acceptors (Lipinski definition) is 3. The number of halogens is 1. The van der Waals surface area contributed by atoms with Crippen molar-refractivity contribution < 1.29 is 9.53 Å².